The van der Waals surface area contributed by atoms with Crippen LogP contribution in [0.15, 0.2) is 35.1 Å². The van der Waals surface area contributed by atoms with E-state index >= 15 is 0 Å². The van der Waals surface area contributed by atoms with Crippen LogP contribution in [0.1, 0.15) is 43.6 Å². The van der Waals surface area contributed by atoms with Crippen LogP contribution in [0.4, 0.5) is 5.69 Å². The number of rotatable bonds is 9. The van der Waals surface area contributed by atoms with Gasteiger partial charge in [0.15, 0.2) is 0 Å². The maximum absolute atomic E-state index is 11.3. The number of aromatic nitrogens is 2. The zero-order valence-electron chi connectivity index (χ0n) is 17.7. The molecule has 0 aromatic carbocycles. The maximum Gasteiger partial charge on any atom is 0.303 e. The molecule has 8 heteroatoms. The van der Waals surface area contributed by atoms with Crippen LogP contribution < -0.4 is 14.4 Å². The van der Waals surface area contributed by atoms with E-state index < -0.39 is 5.97 Å². The largest absolute Gasteiger partial charge is 0.481 e. The first-order valence-corrected chi connectivity index (χ1v) is 11.6. The zero-order valence-corrected chi connectivity index (χ0v) is 19.3. The summed E-state index contributed by atoms with van der Waals surface area (Å²) in [6.45, 7) is 2.50. The third-order valence-electron chi connectivity index (χ3n) is 6.21. The Labute approximate surface area is 190 Å². The molecule has 0 spiro atoms. The number of aliphatic carboxylic acids is 1. The predicted molar refractivity (Wildman–Crippen MR) is 121 cm³/mol. The van der Waals surface area contributed by atoms with Gasteiger partial charge in [0.1, 0.15) is 0 Å². The highest BCUT2D eigenvalue weighted by atomic mass is 79.9. The van der Waals surface area contributed by atoms with E-state index in [-0.39, 0.29) is 12.3 Å². The average molecular weight is 490 g/mol. The van der Waals surface area contributed by atoms with Gasteiger partial charge < -0.3 is 19.5 Å². The SMILES string of the molecule is COc1cc(N2CCC(COc3cc(C(CC(=O)O)C4CC4)ccn3)CC2)c(Br)cn1. The molecule has 7 nitrogen and oxygen atoms in total. The molecule has 1 atom stereocenters. The summed E-state index contributed by atoms with van der Waals surface area (Å²) in [6.07, 6.45) is 7.95. The number of anilines is 1. The molecule has 1 N–H and O–H groups in total. The van der Waals surface area contributed by atoms with Crippen LogP contribution in [-0.2, 0) is 4.79 Å². The lowest BCUT2D eigenvalue weighted by atomic mass is 9.92. The van der Waals surface area contributed by atoms with Gasteiger partial charge in [-0.25, -0.2) is 9.97 Å². The molecular formula is C23H28BrN3O4. The van der Waals surface area contributed by atoms with Crippen molar-refractivity contribution in [2.75, 3.05) is 31.7 Å². The predicted octanol–water partition coefficient (Wildman–Crippen LogP) is 4.51. The molecule has 31 heavy (non-hydrogen) atoms. The van der Waals surface area contributed by atoms with Crippen LogP contribution in [0.5, 0.6) is 11.8 Å². The number of carboxylic acid groups (broad SMARTS) is 1. The van der Waals surface area contributed by atoms with E-state index in [4.69, 9.17) is 9.47 Å². The van der Waals surface area contributed by atoms with Crippen molar-refractivity contribution in [1.82, 2.24) is 9.97 Å². The molecule has 1 saturated heterocycles. The number of hydrogen-bond acceptors (Lipinski definition) is 6. The molecule has 166 valence electrons. The highest BCUT2D eigenvalue weighted by Crippen LogP contribution is 2.44. The summed E-state index contributed by atoms with van der Waals surface area (Å²) in [4.78, 5) is 22.2. The third-order valence-corrected chi connectivity index (χ3v) is 6.82. The topological polar surface area (TPSA) is 84.8 Å². The smallest absolute Gasteiger partial charge is 0.303 e. The van der Waals surface area contributed by atoms with Gasteiger partial charge in [-0.1, -0.05) is 0 Å². The van der Waals surface area contributed by atoms with Crippen LogP contribution in [-0.4, -0.2) is 47.8 Å². The first-order chi connectivity index (χ1) is 15.0. The second-order valence-electron chi connectivity index (χ2n) is 8.39. The number of hydrogen-bond donors (Lipinski definition) is 1. The molecule has 2 aromatic heterocycles. The van der Waals surface area contributed by atoms with Crippen molar-refractivity contribution in [3.05, 3.63) is 40.6 Å². The molecule has 1 aliphatic heterocycles. The Hall–Kier alpha value is -2.35. The molecule has 2 aliphatic rings. The monoisotopic (exact) mass is 489 g/mol. The summed E-state index contributed by atoms with van der Waals surface area (Å²) in [5.41, 5.74) is 2.13. The molecule has 0 bridgehead atoms. The van der Waals surface area contributed by atoms with E-state index in [0.717, 1.165) is 54.5 Å². The van der Waals surface area contributed by atoms with Gasteiger partial charge >= 0.3 is 5.97 Å². The lowest BCUT2D eigenvalue weighted by Crippen LogP contribution is -2.35. The van der Waals surface area contributed by atoms with Gasteiger partial charge in [-0.05, 0) is 71.0 Å². The molecule has 4 rings (SSSR count). The Kier molecular flexibility index (Phi) is 6.95. The number of carbonyl (C=O) groups is 1. The molecule has 0 amide bonds. The Morgan fingerprint density at radius 2 is 2.00 bits per heavy atom. The zero-order chi connectivity index (χ0) is 21.8. The van der Waals surface area contributed by atoms with Crippen molar-refractivity contribution in [2.24, 2.45) is 11.8 Å². The maximum atomic E-state index is 11.3. The highest BCUT2D eigenvalue weighted by molar-refractivity contribution is 9.10. The first-order valence-electron chi connectivity index (χ1n) is 10.8. The Balaban J connectivity index is 1.31. The quantitative estimate of drug-likeness (QED) is 0.554. The van der Waals surface area contributed by atoms with Crippen LogP contribution in [0.25, 0.3) is 0 Å². The second kappa shape index (κ2) is 9.85. The highest BCUT2D eigenvalue weighted by Gasteiger charge is 2.34. The summed E-state index contributed by atoms with van der Waals surface area (Å²) in [7, 11) is 1.63. The molecule has 0 radical (unpaired) electrons. The summed E-state index contributed by atoms with van der Waals surface area (Å²) >= 11 is 3.59. The minimum Gasteiger partial charge on any atom is -0.481 e. The number of nitrogens with zero attached hydrogens (tertiary/aromatic N) is 3. The van der Waals surface area contributed by atoms with Gasteiger partial charge in [-0.15, -0.1) is 0 Å². The summed E-state index contributed by atoms with van der Waals surface area (Å²) in [5, 5.41) is 9.25. The summed E-state index contributed by atoms with van der Waals surface area (Å²) < 4.78 is 12.3. The summed E-state index contributed by atoms with van der Waals surface area (Å²) in [6, 6.07) is 5.82. The van der Waals surface area contributed by atoms with Crippen LogP contribution >= 0.6 is 15.9 Å². The van der Waals surface area contributed by atoms with E-state index in [2.05, 4.69) is 30.8 Å². The van der Waals surface area contributed by atoms with Crippen molar-refractivity contribution in [2.45, 2.75) is 38.0 Å². The lowest BCUT2D eigenvalue weighted by molar-refractivity contribution is -0.137. The second-order valence-corrected chi connectivity index (χ2v) is 9.24. The number of piperidine rings is 1. The third kappa shape index (κ3) is 5.67. The van der Waals surface area contributed by atoms with Gasteiger partial charge in [0.05, 0.1) is 30.3 Å². The van der Waals surface area contributed by atoms with E-state index in [1.807, 2.05) is 18.2 Å². The van der Waals surface area contributed by atoms with E-state index in [1.54, 1.807) is 19.5 Å². The van der Waals surface area contributed by atoms with Crippen molar-refractivity contribution < 1.29 is 19.4 Å². The lowest BCUT2D eigenvalue weighted by Gasteiger charge is -2.34. The van der Waals surface area contributed by atoms with Crippen molar-refractivity contribution in [3.63, 3.8) is 0 Å². The van der Waals surface area contributed by atoms with Crippen molar-refractivity contribution in [1.29, 1.82) is 0 Å². The number of methoxy groups -OCH3 is 1. The van der Waals surface area contributed by atoms with Crippen LogP contribution in [0.3, 0.4) is 0 Å². The minimum atomic E-state index is -0.749. The normalized spacial score (nSPS) is 17.9. The Morgan fingerprint density at radius 1 is 1.23 bits per heavy atom. The number of pyridine rings is 2. The number of ether oxygens (including phenoxy) is 2. The average Bonchev–Trinajstić information content (AvgIpc) is 3.62. The van der Waals surface area contributed by atoms with E-state index in [0.29, 0.717) is 30.2 Å². The van der Waals surface area contributed by atoms with Crippen LogP contribution in [0, 0.1) is 11.8 Å². The fourth-order valence-corrected chi connectivity index (χ4v) is 4.75. The molecule has 2 fully saturated rings. The van der Waals surface area contributed by atoms with Crippen LogP contribution in [0.2, 0.25) is 0 Å². The molecular weight excluding hydrogens is 462 g/mol. The van der Waals surface area contributed by atoms with Gasteiger partial charge in [-0.3, -0.25) is 4.79 Å². The number of halogens is 1. The number of carboxylic acids is 1. The molecule has 1 saturated carbocycles. The fourth-order valence-electron chi connectivity index (χ4n) is 4.29. The molecule has 1 aliphatic carbocycles. The fraction of sp³-hybridized carbons (Fsp3) is 0.522. The molecule has 1 unspecified atom stereocenters. The van der Waals surface area contributed by atoms with Crippen molar-refractivity contribution in [3.8, 4) is 11.8 Å². The molecule has 2 aromatic rings. The van der Waals surface area contributed by atoms with Gasteiger partial charge in [0.25, 0.3) is 0 Å². The summed E-state index contributed by atoms with van der Waals surface area (Å²) in [5.74, 6) is 1.45. The Morgan fingerprint density at radius 3 is 2.68 bits per heavy atom. The van der Waals surface area contributed by atoms with E-state index in [1.165, 1.54) is 0 Å². The van der Waals surface area contributed by atoms with Gasteiger partial charge in [-0.2, -0.15) is 0 Å². The first kappa shape index (κ1) is 21.9. The van der Waals surface area contributed by atoms with Crippen molar-refractivity contribution >= 4 is 27.6 Å². The standard InChI is InChI=1S/C23H28BrN3O4/c1-30-21-12-20(19(24)13-26-21)27-8-5-15(6-9-27)14-31-22-10-17(4-7-25-22)18(11-23(28)29)16-2-3-16/h4,7,10,12-13,15-16,18H,2-3,5-6,8-9,11,14H2,1H3,(H,28,29). The molecule has 3 heterocycles. The van der Waals surface area contributed by atoms with Gasteiger partial charge in [0.2, 0.25) is 11.8 Å². The Bertz CT molecular complexity index is 913. The van der Waals surface area contributed by atoms with Gasteiger partial charge in [0, 0.05) is 37.6 Å². The van der Waals surface area contributed by atoms with E-state index in [9.17, 15) is 9.90 Å². The minimum absolute atomic E-state index is 0.0573.